The molecular weight excluding hydrogens is 574 g/mol. The van der Waals surface area contributed by atoms with Gasteiger partial charge in [-0.05, 0) is 77.9 Å². The molecule has 0 aliphatic heterocycles. The molecule has 0 saturated heterocycles. The van der Waals surface area contributed by atoms with E-state index >= 15 is 0 Å². The van der Waals surface area contributed by atoms with Gasteiger partial charge in [0.05, 0.1) is 28.7 Å². The van der Waals surface area contributed by atoms with E-state index in [4.69, 9.17) is 4.42 Å². The SMILES string of the molecule is N#Cc1ccc2c(c1)c1ccccc1n2-c1cccc(-c2ccc3oc4c(c3c2)CC(n2c3ccccc3c3ccccc32)C=C4)c1. The molecule has 0 radical (unpaired) electrons. The second kappa shape index (κ2) is 9.84. The Labute approximate surface area is 270 Å². The third-order valence-electron chi connectivity index (χ3n) is 9.89. The molecular formula is C43H27N3O. The summed E-state index contributed by atoms with van der Waals surface area (Å²) in [6.07, 6.45) is 5.31. The quantitative estimate of drug-likeness (QED) is 0.202. The van der Waals surface area contributed by atoms with E-state index < -0.39 is 0 Å². The van der Waals surface area contributed by atoms with E-state index in [1.165, 1.54) is 32.8 Å². The summed E-state index contributed by atoms with van der Waals surface area (Å²) in [6, 6.07) is 49.6. The van der Waals surface area contributed by atoms with Gasteiger partial charge in [-0.25, -0.2) is 0 Å². The van der Waals surface area contributed by atoms with Gasteiger partial charge in [-0.3, -0.25) is 0 Å². The minimum Gasteiger partial charge on any atom is -0.456 e. The number of allylic oxidation sites excluding steroid dienone is 1. The maximum absolute atomic E-state index is 9.57. The number of hydrogen-bond donors (Lipinski definition) is 0. The lowest BCUT2D eigenvalue weighted by Gasteiger charge is -2.21. The van der Waals surface area contributed by atoms with Gasteiger partial charge < -0.3 is 13.6 Å². The van der Waals surface area contributed by atoms with Crippen LogP contribution in [0.1, 0.15) is 22.9 Å². The summed E-state index contributed by atoms with van der Waals surface area (Å²) < 4.78 is 11.2. The van der Waals surface area contributed by atoms with Gasteiger partial charge >= 0.3 is 0 Å². The number of para-hydroxylation sites is 3. The van der Waals surface area contributed by atoms with Crippen molar-refractivity contribution in [3.05, 3.63) is 156 Å². The summed E-state index contributed by atoms with van der Waals surface area (Å²) in [7, 11) is 0. The van der Waals surface area contributed by atoms with E-state index in [0.29, 0.717) is 5.56 Å². The Balaban J connectivity index is 1.08. The standard InChI is InChI=1S/C43H27N3O/c44-26-27-16-19-41-35(22-27)34-12-3-6-15-40(34)45(41)30-9-7-8-28(23-30)29-17-20-42-36(24-29)37-25-31(18-21-43(37)47-42)46-38-13-4-1-10-32(38)33-11-2-5-14-39(33)46/h1-24,31H,25H2. The zero-order valence-electron chi connectivity index (χ0n) is 25.4. The monoisotopic (exact) mass is 601 g/mol. The first-order chi connectivity index (χ1) is 23.2. The van der Waals surface area contributed by atoms with Crippen LogP contribution >= 0.6 is 0 Å². The highest BCUT2D eigenvalue weighted by molar-refractivity contribution is 6.10. The minimum atomic E-state index is 0.178. The number of rotatable bonds is 3. The van der Waals surface area contributed by atoms with Crippen molar-refractivity contribution in [3.8, 4) is 22.9 Å². The molecule has 6 aromatic carbocycles. The van der Waals surface area contributed by atoms with Gasteiger partial charge in [-0.15, -0.1) is 0 Å². The van der Waals surface area contributed by atoms with Crippen LogP contribution < -0.4 is 0 Å². The van der Waals surface area contributed by atoms with Crippen molar-refractivity contribution in [1.29, 1.82) is 5.26 Å². The number of aromatic nitrogens is 2. The molecule has 4 nitrogen and oxygen atoms in total. The fraction of sp³-hybridized carbons (Fsp3) is 0.0465. The average molecular weight is 602 g/mol. The molecule has 1 aliphatic carbocycles. The molecule has 0 spiro atoms. The second-order valence-electron chi connectivity index (χ2n) is 12.4. The first-order valence-electron chi connectivity index (χ1n) is 16.0. The van der Waals surface area contributed by atoms with Gasteiger partial charge in [-0.2, -0.15) is 5.26 Å². The number of hydrogen-bond acceptors (Lipinski definition) is 2. The molecule has 1 atom stereocenters. The van der Waals surface area contributed by atoms with Crippen LogP contribution in [-0.2, 0) is 6.42 Å². The second-order valence-corrected chi connectivity index (χ2v) is 12.4. The Morgan fingerprint density at radius 1 is 0.596 bits per heavy atom. The maximum Gasteiger partial charge on any atom is 0.135 e. The Hall–Kier alpha value is -6.31. The van der Waals surface area contributed by atoms with E-state index in [9.17, 15) is 5.26 Å². The van der Waals surface area contributed by atoms with E-state index in [2.05, 4.69) is 149 Å². The Morgan fingerprint density at radius 3 is 2.04 bits per heavy atom. The Bertz CT molecular complexity index is 2750. The number of nitriles is 1. The van der Waals surface area contributed by atoms with Crippen LogP contribution in [0.25, 0.3) is 77.5 Å². The van der Waals surface area contributed by atoms with Crippen LogP contribution in [-0.4, -0.2) is 9.13 Å². The Morgan fingerprint density at radius 2 is 1.28 bits per heavy atom. The van der Waals surface area contributed by atoms with Crippen molar-refractivity contribution >= 4 is 60.7 Å². The van der Waals surface area contributed by atoms with Gasteiger partial charge in [0, 0.05) is 55.6 Å². The maximum atomic E-state index is 9.57. The highest BCUT2D eigenvalue weighted by atomic mass is 16.3. The van der Waals surface area contributed by atoms with E-state index in [0.717, 1.165) is 56.4 Å². The molecule has 0 N–H and O–H groups in total. The molecule has 0 saturated carbocycles. The van der Waals surface area contributed by atoms with Gasteiger partial charge in [0.25, 0.3) is 0 Å². The molecule has 0 amide bonds. The number of benzene rings is 6. The molecule has 4 heteroatoms. The number of fused-ring (bicyclic) bond motifs is 9. The van der Waals surface area contributed by atoms with Crippen molar-refractivity contribution in [1.82, 2.24) is 9.13 Å². The molecule has 0 bridgehead atoms. The predicted molar refractivity (Wildman–Crippen MR) is 192 cm³/mol. The lowest BCUT2D eigenvalue weighted by Crippen LogP contribution is -2.12. The molecule has 47 heavy (non-hydrogen) atoms. The normalized spacial score (nSPS) is 14.4. The van der Waals surface area contributed by atoms with Crippen LogP contribution in [0.2, 0.25) is 0 Å². The molecule has 3 heterocycles. The first-order valence-corrected chi connectivity index (χ1v) is 16.0. The topological polar surface area (TPSA) is 46.8 Å². The fourth-order valence-corrected chi connectivity index (χ4v) is 7.80. The summed E-state index contributed by atoms with van der Waals surface area (Å²) in [5, 5.41) is 15.5. The Kier molecular flexibility index (Phi) is 5.44. The van der Waals surface area contributed by atoms with E-state index in [-0.39, 0.29) is 6.04 Å². The summed E-state index contributed by atoms with van der Waals surface area (Å²) in [5.41, 5.74) is 10.9. The smallest absolute Gasteiger partial charge is 0.135 e. The van der Waals surface area contributed by atoms with Gasteiger partial charge in [0.15, 0.2) is 0 Å². The zero-order valence-corrected chi connectivity index (χ0v) is 25.4. The van der Waals surface area contributed by atoms with Crippen molar-refractivity contribution in [3.63, 3.8) is 0 Å². The van der Waals surface area contributed by atoms with Crippen molar-refractivity contribution in [2.45, 2.75) is 12.5 Å². The van der Waals surface area contributed by atoms with E-state index in [1.807, 2.05) is 12.1 Å². The molecule has 0 fully saturated rings. The average Bonchev–Trinajstić information content (AvgIpc) is 3.78. The molecule has 220 valence electrons. The summed E-state index contributed by atoms with van der Waals surface area (Å²) in [6.45, 7) is 0. The first kappa shape index (κ1) is 26.0. The predicted octanol–water partition coefficient (Wildman–Crippen LogP) is 11.0. The van der Waals surface area contributed by atoms with Crippen LogP contribution in [0.4, 0.5) is 0 Å². The highest BCUT2D eigenvalue weighted by Gasteiger charge is 2.24. The summed E-state index contributed by atoms with van der Waals surface area (Å²) in [4.78, 5) is 0. The molecule has 3 aromatic heterocycles. The van der Waals surface area contributed by atoms with Crippen molar-refractivity contribution < 1.29 is 4.42 Å². The molecule has 10 rings (SSSR count). The summed E-state index contributed by atoms with van der Waals surface area (Å²) >= 11 is 0. The molecule has 1 aliphatic rings. The van der Waals surface area contributed by atoms with Crippen LogP contribution in [0.15, 0.2) is 144 Å². The molecule has 1 unspecified atom stereocenters. The zero-order chi connectivity index (χ0) is 31.1. The number of nitrogens with zero attached hydrogens (tertiary/aromatic N) is 3. The van der Waals surface area contributed by atoms with Gasteiger partial charge in [0.1, 0.15) is 11.3 Å². The fourth-order valence-electron chi connectivity index (χ4n) is 7.80. The van der Waals surface area contributed by atoms with Crippen LogP contribution in [0.3, 0.4) is 0 Å². The minimum absolute atomic E-state index is 0.178. The van der Waals surface area contributed by atoms with Crippen LogP contribution in [0, 0.1) is 11.3 Å². The number of furan rings is 1. The summed E-state index contributed by atoms with van der Waals surface area (Å²) in [5.74, 6) is 0.949. The third-order valence-corrected chi connectivity index (χ3v) is 9.89. The van der Waals surface area contributed by atoms with E-state index in [1.54, 1.807) is 0 Å². The highest BCUT2D eigenvalue weighted by Crippen LogP contribution is 2.41. The van der Waals surface area contributed by atoms with Gasteiger partial charge in [0.2, 0.25) is 0 Å². The van der Waals surface area contributed by atoms with Crippen LogP contribution in [0.5, 0.6) is 0 Å². The lowest BCUT2D eigenvalue weighted by atomic mass is 9.95. The lowest BCUT2D eigenvalue weighted by molar-refractivity contribution is 0.572. The van der Waals surface area contributed by atoms with Crippen molar-refractivity contribution in [2.75, 3.05) is 0 Å². The van der Waals surface area contributed by atoms with Crippen molar-refractivity contribution in [2.24, 2.45) is 0 Å². The third kappa shape index (κ3) is 3.81. The molecule has 9 aromatic rings. The van der Waals surface area contributed by atoms with Gasteiger partial charge in [-0.1, -0.05) is 78.9 Å². The largest absolute Gasteiger partial charge is 0.456 e.